The monoisotopic (exact) mass is 291 g/mol. The minimum Gasteiger partial charge on any atom is -0.376 e. The van der Waals surface area contributed by atoms with Gasteiger partial charge in [0.2, 0.25) is 5.91 Å². The van der Waals surface area contributed by atoms with Gasteiger partial charge in [0, 0.05) is 32.2 Å². The van der Waals surface area contributed by atoms with Crippen LogP contribution in [0.25, 0.3) is 0 Å². The van der Waals surface area contributed by atoms with Crippen molar-refractivity contribution < 1.29 is 17.9 Å². The molecule has 110 valence electrons. The van der Waals surface area contributed by atoms with Gasteiger partial charge in [0.05, 0.1) is 6.10 Å². The van der Waals surface area contributed by atoms with Crippen molar-refractivity contribution in [2.24, 2.45) is 11.1 Å². The summed E-state index contributed by atoms with van der Waals surface area (Å²) in [6.45, 7) is 1.95. The molecule has 19 heavy (non-hydrogen) atoms. The molecule has 0 radical (unpaired) electrons. The van der Waals surface area contributed by atoms with Crippen LogP contribution in [0.2, 0.25) is 0 Å². The topological polar surface area (TPSA) is 102 Å². The lowest BCUT2D eigenvalue weighted by Crippen LogP contribution is -2.46. The molecule has 3 N–H and O–H groups in total. The lowest BCUT2D eigenvalue weighted by Gasteiger charge is -2.29. The number of hydrogen-bond acceptors (Lipinski definition) is 4. The molecule has 0 unspecified atom stereocenters. The molecule has 0 bridgehead atoms. The summed E-state index contributed by atoms with van der Waals surface area (Å²) >= 11 is 0. The van der Waals surface area contributed by atoms with Crippen LogP contribution in [0, 0.1) is 5.92 Å². The second-order valence-corrected chi connectivity index (χ2v) is 6.64. The summed E-state index contributed by atoms with van der Waals surface area (Å²) < 4.78 is 29.0. The third kappa shape index (κ3) is 4.13. The summed E-state index contributed by atoms with van der Waals surface area (Å²) in [4.78, 5) is 11.9. The average molecular weight is 291 g/mol. The fourth-order valence-corrected chi connectivity index (χ4v) is 3.26. The van der Waals surface area contributed by atoms with E-state index in [9.17, 15) is 13.2 Å². The zero-order valence-corrected chi connectivity index (χ0v) is 11.7. The van der Waals surface area contributed by atoms with Crippen LogP contribution in [-0.2, 0) is 19.7 Å². The van der Waals surface area contributed by atoms with E-state index >= 15 is 0 Å². The highest BCUT2D eigenvalue weighted by Gasteiger charge is 2.29. The summed E-state index contributed by atoms with van der Waals surface area (Å²) in [5.41, 5.74) is 0. The van der Waals surface area contributed by atoms with Crippen molar-refractivity contribution in [3.63, 3.8) is 0 Å². The van der Waals surface area contributed by atoms with Crippen molar-refractivity contribution >= 4 is 16.1 Å². The summed E-state index contributed by atoms with van der Waals surface area (Å²) in [5.74, 6) is -0.135. The Labute approximate surface area is 113 Å². The standard InChI is InChI=1S/C11H21N3O4S/c12-19(16,17)14-5-3-9(4-6-14)11(15)13-8-10-2-1-7-18-10/h9-10H,1-8H2,(H,13,15)(H2,12,16,17)/t10-/m1/s1. The van der Waals surface area contributed by atoms with Crippen molar-refractivity contribution in [1.82, 2.24) is 9.62 Å². The van der Waals surface area contributed by atoms with Crippen LogP contribution in [0.4, 0.5) is 0 Å². The van der Waals surface area contributed by atoms with E-state index in [4.69, 9.17) is 9.88 Å². The molecule has 2 fully saturated rings. The molecular weight excluding hydrogens is 270 g/mol. The SMILES string of the molecule is NS(=O)(=O)N1CCC(C(=O)NC[C@H]2CCCO2)CC1. The molecular formula is C11H21N3O4S. The van der Waals surface area contributed by atoms with Crippen LogP contribution in [0.15, 0.2) is 0 Å². The Balaban J connectivity index is 1.73. The Hall–Kier alpha value is -0.700. The molecule has 0 aliphatic carbocycles. The van der Waals surface area contributed by atoms with Gasteiger partial charge < -0.3 is 10.1 Å². The molecule has 2 aliphatic heterocycles. The number of carbonyl (C=O) groups is 1. The molecule has 0 saturated carbocycles. The van der Waals surface area contributed by atoms with E-state index in [1.54, 1.807) is 0 Å². The van der Waals surface area contributed by atoms with Crippen molar-refractivity contribution in [2.45, 2.75) is 31.8 Å². The second-order valence-electron chi connectivity index (χ2n) is 5.10. The number of carbonyl (C=O) groups excluding carboxylic acids is 1. The molecule has 2 heterocycles. The summed E-state index contributed by atoms with van der Waals surface area (Å²) in [6, 6.07) is 0. The lowest BCUT2D eigenvalue weighted by atomic mass is 9.97. The quantitative estimate of drug-likeness (QED) is 0.707. The highest BCUT2D eigenvalue weighted by Crippen LogP contribution is 2.19. The van der Waals surface area contributed by atoms with Gasteiger partial charge in [-0.3, -0.25) is 4.79 Å². The van der Waals surface area contributed by atoms with Gasteiger partial charge in [-0.05, 0) is 25.7 Å². The number of piperidine rings is 1. The zero-order chi connectivity index (χ0) is 13.9. The van der Waals surface area contributed by atoms with Gasteiger partial charge in [-0.1, -0.05) is 0 Å². The molecule has 1 amide bonds. The van der Waals surface area contributed by atoms with Crippen LogP contribution in [-0.4, -0.2) is 51.0 Å². The molecule has 8 heteroatoms. The van der Waals surface area contributed by atoms with Gasteiger partial charge in [-0.2, -0.15) is 12.7 Å². The van der Waals surface area contributed by atoms with E-state index in [0.29, 0.717) is 32.5 Å². The number of nitrogens with two attached hydrogens (primary N) is 1. The fourth-order valence-electron chi connectivity index (χ4n) is 2.54. The van der Waals surface area contributed by atoms with Gasteiger partial charge in [0.1, 0.15) is 0 Å². The minimum atomic E-state index is -3.62. The molecule has 0 aromatic heterocycles. The van der Waals surface area contributed by atoms with Crippen molar-refractivity contribution in [3.05, 3.63) is 0 Å². The first-order valence-electron chi connectivity index (χ1n) is 6.64. The number of nitrogens with one attached hydrogen (secondary N) is 1. The zero-order valence-electron chi connectivity index (χ0n) is 10.9. The number of hydrogen-bond donors (Lipinski definition) is 2. The molecule has 0 spiro atoms. The first-order chi connectivity index (χ1) is 8.97. The Morgan fingerprint density at radius 1 is 1.32 bits per heavy atom. The van der Waals surface area contributed by atoms with E-state index in [0.717, 1.165) is 19.4 Å². The fraction of sp³-hybridized carbons (Fsp3) is 0.909. The Kier molecular flexibility index (Phi) is 4.77. The number of nitrogens with zero attached hydrogens (tertiary/aromatic N) is 1. The average Bonchev–Trinajstić information content (AvgIpc) is 2.88. The Morgan fingerprint density at radius 2 is 2.00 bits per heavy atom. The van der Waals surface area contributed by atoms with Crippen molar-refractivity contribution in [1.29, 1.82) is 0 Å². The van der Waals surface area contributed by atoms with E-state index in [-0.39, 0.29) is 17.9 Å². The van der Waals surface area contributed by atoms with Gasteiger partial charge in [-0.25, -0.2) is 5.14 Å². The van der Waals surface area contributed by atoms with E-state index in [1.165, 1.54) is 4.31 Å². The first-order valence-corrected chi connectivity index (χ1v) is 8.14. The van der Waals surface area contributed by atoms with Crippen LogP contribution in [0.3, 0.4) is 0 Å². The van der Waals surface area contributed by atoms with Crippen LogP contribution < -0.4 is 10.5 Å². The summed E-state index contributed by atoms with van der Waals surface area (Å²) in [6.07, 6.45) is 3.22. The number of rotatable bonds is 4. The molecule has 0 aromatic rings. The maximum atomic E-state index is 11.9. The predicted octanol–water partition coefficient (Wildman–Crippen LogP) is -0.803. The molecule has 1 atom stereocenters. The number of ether oxygens (including phenoxy) is 1. The molecule has 2 saturated heterocycles. The Morgan fingerprint density at radius 3 is 2.53 bits per heavy atom. The highest BCUT2D eigenvalue weighted by molar-refractivity contribution is 7.86. The molecule has 2 rings (SSSR count). The van der Waals surface area contributed by atoms with Crippen LogP contribution >= 0.6 is 0 Å². The van der Waals surface area contributed by atoms with E-state index in [2.05, 4.69) is 5.32 Å². The predicted molar refractivity (Wildman–Crippen MR) is 69.4 cm³/mol. The first kappa shape index (κ1) is 14.7. The van der Waals surface area contributed by atoms with E-state index in [1.807, 2.05) is 0 Å². The Bertz CT molecular complexity index is 412. The smallest absolute Gasteiger partial charge is 0.276 e. The molecule has 2 aliphatic rings. The largest absolute Gasteiger partial charge is 0.376 e. The maximum absolute atomic E-state index is 11.9. The van der Waals surface area contributed by atoms with Crippen molar-refractivity contribution in [3.8, 4) is 0 Å². The van der Waals surface area contributed by atoms with E-state index < -0.39 is 10.2 Å². The third-order valence-electron chi connectivity index (χ3n) is 3.71. The number of amides is 1. The van der Waals surface area contributed by atoms with Gasteiger partial charge in [0.25, 0.3) is 10.2 Å². The highest BCUT2D eigenvalue weighted by atomic mass is 32.2. The second kappa shape index (κ2) is 6.17. The lowest BCUT2D eigenvalue weighted by molar-refractivity contribution is -0.126. The van der Waals surface area contributed by atoms with Gasteiger partial charge >= 0.3 is 0 Å². The normalized spacial score (nSPS) is 26.5. The van der Waals surface area contributed by atoms with Gasteiger partial charge in [-0.15, -0.1) is 0 Å². The van der Waals surface area contributed by atoms with Crippen LogP contribution in [0.5, 0.6) is 0 Å². The van der Waals surface area contributed by atoms with Crippen LogP contribution in [0.1, 0.15) is 25.7 Å². The van der Waals surface area contributed by atoms with Crippen molar-refractivity contribution in [2.75, 3.05) is 26.2 Å². The summed E-state index contributed by atoms with van der Waals surface area (Å²) in [5, 5.41) is 7.94. The summed E-state index contributed by atoms with van der Waals surface area (Å²) in [7, 11) is -3.62. The van der Waals surface area contributed by atoms with Gasteiger partial charge in [0.15, 0.2) is 0 Å². The maximum Gasteiger partial charge on any atom is 0.276 e. The minimum absolute atomic E-state index is 0.00966. The molecule has 7 nitrogen and oxygen atoms in total. The third-order valence-corrected chi connectivity index (χ3v) is 4.80. The molecule has 0 aromatic carbocycles.